The molecule has 0 saturated carbocycles. The minimum atomic E-state index is -0.455. The van der Waals surface area contributed by atoms with Crippen LogP contribution in [0.25, 0.3) is 0 Å². The Bertz CT molecular complexity index is 145. The summed E-state index contributed by atoms with van der Waals surface area (Å²) in [5, 5.41) is 0. The van der Waals surface area contributed by atoms with Gasteiger partial charge in [-0.2, -0.15) is 0 Å². The van der Waals surface area contributed by atoms with Crippen LogP contribution in [0.15, 0.2) is 0 Å². The summed E-state index contributed by atoms with van der Waals surface area (Å²) in [6.45, 7) is 4.29. The summed E-state index contributed by atoms with van der Waals surface area (Å²) in [4.78, 5) is 2.06. The molecule has 1 atom stereocenters. The van der Waals surface area contributed by atoms with Crippen LogP contribution in [0.1, 0.15) is 13.3 Å². The van der Waals surface area contributed by atoms with Gasteiger partial charge in [-0.25, -0.2) is 0 Å². The molecular weight excluding hydrogens is 169 g/mol. The molecule has 0 spiro atoms. The first-order valence-corrected chi connectivity index (χ1v) is 4.72. The van der Waals surface area contributed by atoms with E-state index in [1.165, 1.54) is 0 Å². The second-order valence-electron chi connectivity index (χ2n) is 3.57. The highest BCUT2D eigenvalue weighted by Crippen LogP contribution is 2.09. The second kappa shape index (κ2) is 5.60. The van der Waals surface area contributed by atoms with Crippen LogP contribution in [-0.2, 0) is 14.0 Å². The summed E-state index contributed by atoms with van der Waals surface area (Å²) in [5.74, 6) is 0. The van der Waals surface area contributed by atoms with Crippen molar-refractivity contribution in [2.24, 2.45) is 0 Å². The van der Waals surface area contributed by atoms with Crippen LogP contribution in [0.3, 0.4) is 0 Å². The minimum Gasteiger partial charge on any atom is -0.386 e. The van der Waals surface area contributed by atoms with Gasteiger partial charge in [-0.15, -0.1) is 0 Å². The lowest BCUT2D eigenvalue weighted by Gasteiger charge is -2.24. The van der Waals surface area contributed by atoms with Crippen LogP contribution >= 0.6 is 0 Å². The Hall–Kier alpha value is -0.0951. The lowest BCUT2D eigenvalue weighted by atomic mass is 10.1. The van der Waals surface area contributed by atoms with E-state index < -0.39 is 7.32 Å². The molecule has 0 aromatic heterocycles. The lowest BCUT2D eigenvalue weighted by Crippen LogP contribution is -2.38. The van der Waals surface area contributed by atoms with E-state index >= 15 is 0 Å². The van der Waals surface area contributed by atoms with Crippen molar-refractivity contribution in [3.63, 3.8) is 0 Å². The van der Waals surface area contributed by atoms with Crippen LogP contribution in [-0.4, -0.2) is 52.2 Å². The molecule has 0 aromatic carbocycles. The zero-order valence-electron chi connectivity index (χ0n) is 8.66. The lowest BCUT2D eigenvalue weighted by molar-refractivity contribution is 0.0130. The molecule has 0 aromatic rings. The SMILES string of the molecule is C[C@H]1CCOB(OCCN(C)C)O1. The average molecular weight is 187 g/mol. The van der Waals surface area contributed by atoms with Crippen molar-refractivity contribution in [2.75, 3.05) is 33.9 Å². The normalized spacial score (nSPS) is 24.0. The van der Waals surface area contributed by atoms with E-state index in [0.717, 1.165) is 19.6 Å². The maximum absolute atomic E-state index is 5.41. The van der Waals surface area contributed by atoms with E-state index in [0.29, 0.717) is 6.61 Å². The highest BCUT2D eigenvalue weighted by atomic mass is 16.7. The molecule has 1 aliphatic heterocycles. The molecule has 0 N–H and O–H groups in total. The Morgan fingerprint density at radius 2 is 2.31 bits per heavy atom. The summed E-state index contributed by atoms with van der Waals surface area (Å²) in [6, 6.07) is 0. The molecule has 76 valence electrons. The maximum Gasteiger partial charge on any atom is 0.639 e. The van der Waals surface area contributed by atoms with Crippen molar-refractivity contribution >= 4 is 7.32 Å². The van der Waals surface area contributed by atoms with Gasteiger partial charge in [0.25, 0.3) is 0 Å². The summed E-state index contributed by atoms with van der Waals surface area (Å²) in [5.41, 5.74) is 0. The van der Waals surface area contributed by atoms with Crippen molar-refractivity contribution in [2.45, 2.75) is 19.4 Å². The third kappa shape index (κ3) is 4.62. The van der Waals surface area contributed by atoms with Crippen LogP contribution in [0.2, 0.25) is 0 Å². The molecule has 1 saturated heterocycles. The molecule has 1 fully saturated rings. The fraction of sp³-hybridized carbons (Fsp3) is 1.00. The number of hydrogen-bond donors (Lipinski definition) is 0. The highest BCUT2D eigenvalue weighted by molar-refractivity contribution is 6.36. The van der Waals surface area contributed by atoms with Crippen LogP contribution in [0.4, 0.5) is 0 Å². The van der Waals surface area contributed by atoms with Crippen LogP contribution in [0.5, 0.6) is 0 Å². The van der Waals surface area contributed by atoms with Gasteiger partial charge in [-0.3, -0.25) is 0 Å². The van der Waals surface area contributed by atoms with Crippen molar-refractivity contribution in [3.8, 4) is 0 Å². The summed E-state index contributed by atoms with van der Waals surface area (Å²) >= 11 is 0. The standard InChI is InChI=1S/C8H18BNO3/c1-8-4-6-11-9(13-8)12-7-5-10(2)3/h8H,4-7H2,1-3H3/t8-/m0/s1. The molecule has 0 aliphatic carbocycles. The number of rotatable bonds is 4. The molecule has 5 heteroatoms. The van der Waals surface area contributed by atoms with E-state index in [1.54, 1.807) is 0 Å². The van der Waals surface area contributed by atoms with Crippen molar-refractivity contribution in [1.82, 2.24) is 4.90 Å². The van der Waals surface area contributed by atoms with E-state index in [4.69, 9.17) is 14.0 Å². The van der Waals surface area contributed by atoms with Gasteiger partial charge in [0.05, 0.1) is 0 Å². The Balaban J connectivity index is 2.06. The van der Waals surface area contributed by atoms with Crippen LogP contribution in [0, 0.1) is 0 Å². The van der Waals surface area contributed by atoms with Crippen LogP contribution < -0.4 is 0 Å². The number of likely N-dealkylation sites (N-methyl/N-ethyl adjacent to an activating group) is 1. The molecule has 0 amide bonds. The summed E-state index contributed by atoms with van der Waals surface area (Å²) in [7, 11) is 3.56. The molecule has 1 rings (SSSR count). The molecule has 4 nitrogen and oxygen atoms in total. The molecule has 1 heterocycles. The fourth-order valence-electron chi connectivity index (χ4n) is 1.05. The van der Waals surface area contributed by atoms with Gasteiger partial charge in [0.2, 0.25) is 0 Å². The first kappa shape index (κ1) is 11.0. The molecule has 1 aliphatic rings. The fourth-order valence-corrected chi connectivity index (χ4v) is 1.05. The van der Waals surface area contributed by atoms with Crippen molar-refractivity contribution in [1.29, 1.82) is 0 Å². The van der Waals surface area contributed by atoms with Gasteiger partial charge in [0.15, 0.2) is 0 Å². The van der Waals surface area contributed by atoms with Gasteiger partial charge < -0.3 is 18.9 Å². The van der Waals surface area contributed by atoms with Gasteiger partial charge in [0.1, 0.15) is 0 Å². The monoisotopic (exact) mass is 187 g/mol. The Morgan fingerprint density at radius 1 is 1.54 bits per heavy atom. The average Bonchev–Trinajstić information content (AvgIpc) is 2.03. The first-order valence-electron chi connectivity index (χ1n) is 4.72. The highest BCUT2D eigenvalue weighted by Gasteiger charge is 2.28. The summed E-state index contributed by atoms with van der Waals surface area (Å²) in [6.07, 6.45) is 1.20. The molecule has 0 radical (unpaired) electrons. The minimum absolute atomic E-state index is 0.248. The molecule has 0 unspecified atom stereocenters. The largest absolute Gasteiger partial charge is 0.639 e. The first-order chi connectivity index (χ1) is 6.18. The number of nitrogens with zero attached hydrogens (tertiary/aromatic N) is 1. The predicted octanol–water partition coefficient (Wildman–Crippen LogP) is 0.375. The van der Waals surface area contributed by atoms with E-state index in [-0.39, 0.29) is 6.10 Å². The van der Waals surface area contributed by atoms with E-state index in [2.05, 4.69) is 4.90 Å². The Kier molecular flexibility index (Phi) is 4.73. The van der Waals surface area contributed by atoms with E-state index in [1.807, 2.05) is 21.0 Å². The number of hydrogen-bond acceptors (Lipinski definition) is 4. The zero-order chi connectivity index (χ0) is 9.68. The maximum atomic E-state index is 5.41. The molecular formula is C8H18BNO3. The molecule has 13 heavy (non-hydrogen) atoms. The smallest absolute Gasteiger partial charge is 0.386 e. The van der Waals surface area contributed by atoms with Gasteiger partial charge >= 0.3 is 7.32 Å². The topological polar surface area (TPSA) is 30.9 Å². The Morgan fingerprint density at radius 3 is 2.92 bits per heavy atom. The van der Waals surface area contributed by atoms with Gasteiger partial charge in [-0.1, -0.05) is 0 Å². The predicted molar refractivity (Wildman–Crippen MR) is 51.4 cm³/mol. The van der Waals surface area contributed by atoms with Crippen molar-refractivity contribution in [3.05, 3.63) is 0 Å². The zero-order valence-corrected chi connectivity index (χ0v) is 8.66. The Labute approximate surface area is 80.3 Å². The third-order valence-corrected chi connectivity index (χ3v) is 1.91. The summed E-state index contributed by atoms with van der Waals surface area (Å²) < 4.78 is 16.1. The third-order valence-electron chi connectivity index (χ3n) is 1.91. The van der Waals surface area contributed by atoms with E-state index in [9.17, 15) is 0 Å². The van der Waals surface area contributed by atoms with Gasteiger partial charge in [-0.05, 0) is 27.4 Å². The second-order valence-corrected chi connectivity index (χ2v) is 3.57. The molecule has 0 bridgehead atoms. The van der Waals surface area contributed by atoms with Crippen molar-refractivity contribution < 1.29 is 14.0 Å². The van der Waals surface area contributed by atoms with Gasteiger partial charge in [0, 0.05) is 25.9 Å². The quantitative estimate of drug-likeness (QED) is 0.595.